The third kappa shape index (κ3) is 4.99. The number of Topliss-reactive ketones (excluding diaryl/α,β-unsaturated/α-hetero) is 1. The molecule has 0 spiro atoms. The van der Waals surface area contributed by atoms with Gasteiger partial charge in [0.25, 0.3) is 0 Å². The largest absolute Gasteiger partial charge is 0.493 e. The first-order valence-electron chi connectivity index (χ1n) is 9.21. The van der Waals surface area contributed by atoms with Gasteiger partial charge >= 0.3 is 5.97 Å². The summed E-state index contributed by atoms with van der Waals surface area (Å²) in [7, 11) is 4.54. The van der Waals surface area contributed by atoms with Crippen molar-refractivity contribution in [3.63, 3.8) is 0 Å². The molecule has 0 atom stereocenters. The van der Waals surface area contributed by atoms with Crippen LogP contribution in [0.15, 0.2) is 24.3 Å². The van der Waals surface area contributed by atoms with Gasteiger partial charge in [-0.2, -0.15) is 0 Å². The van der Waals surface area contributed by atoms with E-state index in [9.17, 15) is 9.59 Å². The quantitative estimate of drug-likeness (QED) is 0.363. The Bertz CT molecular complexity index is 901. The fourth-order valence-corrected chi connectivity index (χ4v) is 3.19. The van der Waals surface area contributed by atoms with E-state index in [-0.39, 0.29) is 12.4 Å². The molecule has 0 saturated carbocycles. The topological polar surface area (TPSA) is 76.0 Å². The average Bonchev–Trinajstić information content (AvgIpc) is 3.02. The first-order valence-corrected chi connectivity index (χ1v) is 9.21. The van der Waals surface area contributed by atoms with E-state index in [1.807, 2.05) is 31.4 Å². The van der Waals surface area contributed by atoms with Crippen LogP contribution in [0.5, 0.6) is 17.2 Å². The van der Waals surface area contributed by atoms with Crippen molar-refractivity contribution in [2.75, 3.05) is 27.9 Å². The molecule has 0 aliphatic heterocycles. The maximum Gasteiger partial charge on any atom is 0.331 e. The van der Waals surface area contributed by atoms with Crippen molar-refractivity contribution in [3.8, 4) is 17.2 Å². The minimum absolute atomic E-state index is 0.229. The number of hydrogen-bond acceptors (Lipinski definition) is 6. The van der Waals surface area contributed by atoms with Gasteiger partial charge in [0.2, 0.25) is 11.5 Å². The van der Waals surface area contributed by atoms with Gasteiger partial charge in [0.05, 0.1) is 21.3 Å². The number of rotatable bonds is 9. The molecule has 0 amide bonds. The highest BCUT2D eigenvalue weighted by Crippen LogP contribution is 2.38. The normalized spacial score (nSPS) is 10.8. The summed E-state index contributed by atoms with van der Waals surface area (Å²) in [6.07, 6.45) is 2.81. The smallest absolute Gasteiger partial charge is 0.331 e. The predicted octanol–water partition coefficient (Wildman–Crippen LogP) is 3.59. The van der Waals surface area contributed by atoms with Gasteiger partial charge in [0.15, 0.2) is 18.1 Å². The highest BCUT2D eigenvalue weighted by atomic mass is 16.5. The van der Waals surface area contributed by atoms with Crippen molar-refractivity contribution in [1.82, 2.24) is 4.57 Å². The lowest BCUT2D eigenvalue weighted by Gasteiger charge is -2.12. The van der Waals surface area contributed by atoms with Crippen LogP contribution in [0, 0.1) is 13.8 Å². The molecule has 0 aliphatic rings. The molecule has 0 saturated heterocycles. The van der Waals surface area contributed by atoms with E-state index in [1.54, 1.807) is 18.2 Å². The Morgan fingerprint density at radius 3 is 2.10 bits per heavy atom. The Kier molecular flexibility index (Phi) is 7.47. The fourth-order valence-electron chi connectivity index (χ4n) is 3.19. The average molecular weight is 401 g/mol. The van der Waals surface area contributed by atoms with E-state index < -0.39 is 5.97 Å². The molecule has 0 bridgehead atoms. The van der Waals surface area contributed by atoms with Crippen LogP contribution in [0.25, 0.3) is 6.08 Å². The zero-order chi connectivity index (χ0) is 21.6. The van der Waals surface area contributed by atoms with Crippen LogP contribution >= 0.6 is 0 Å². The number of aryl methyl sites for hydroxylation is 1. The predicted molar refractivity (Wildman–Crippen MR) is 110 cm³/mol. The number of nitrogens with zero attached hydrogens (tertiary/aromatic N) is 1. The molecule has 7 nitrogen and oxygen atoms in total. The van der Waals surface area contributed by atoms with Gasteiger partial charge in [-0.05, 0) is 50.6 Å². The molecule has 1 aromatic heterocycles. The van der Waals surface area contributed by atoms with E-state index in [4.69, 9.17) is 18.9 Å². The molecule has 7 heteroatoms. The van der Waals surface area contributed by atoms with Gasteiger partial charge in [0, 0.05) is 29.6 Å². The summed E-state index contributed by atoms with van der Waals surface area (Å²) in [6, 6.07) is 5.23. The van der Waals surface area contributed by atoms with Crippen LogP contribution in [0.1, 0.15) is 34.2 Å². The van der Waals surface area contributed by atoms with Gasteiger partial charge in [-0.15, -0.1) is 0 Å². The minimum atomic E-state index is -0.614. The SMILES string of the molecule is CCn1c(C)cc(C(=O)COC(=O)/C=C/c2cc(OC)c(OC)c(OC)c2)c1C. The Hall–Kier alpha value is -3.22. The van der Waals surface area contributed by atoms with Crippen molar-refractivity contribution in [2.45, 2.75) is 27.3 Å². The standard InChI is InChI=1S/C22H27NO6/c1-7-23-14(2)10-17(15(23)3)18(24)13-29-21(25)9-8-16-11-19(26-4)22(28-6)20(12-16)27-5/h8-12H,7,13H2,1-6H3/b9-8+. The third-order valence-electron chi connectivity index (χ3n) is 4.63. The third-order valence-corrected chi connectivity index (χ3v) is 4.63. The lowest BCUT2D eigenvalue weighted by Crippen LogP contribution is -2.13. The Morgan fingerprint density at radius 1 is 1.00 bits per heavy atom. The van der Waals surface area contributed by atoms with E-state index in [0.717, 1.165) is 17.9 Å². The molecule has 0 fully saturated rings. The van der Waals surface area contributed by atoms with Crippen LogP contribution in [0.4, 0.5) is 0 Å². The Balaban J connectivity index is 2.06. The van der Waals surface area contributed by atoms with Crippen molar-refractivity contribution < 1.29 is 28.5 Å². The second-order valence-electron chi connectivity index (χ2n) is 6.35. The molecule has 2 rings (SSSR count). The van der Waals surface area contributed by atoms with Crippen LogP contribution in [0.3, 0.4) is 0 Å². The molecule has 1 aromatic carbocycles. The minimum Gasteiger partial charge on any atom is -0.493 e. The van der Waals surface area contributed by atoms with E-state index in [0.29, 0.717) is 28.4 Å². The van der Waals surface area contributed by atoms with Crippen LogP contribution < -0.4 is 14.2 Å². The van der Waals surface area contributed by atoms with Gasteiger partial charge in [-0.25, -0.2) is 4.79 Å². The number of benzene rings is 1. The second-order valence-corrected chi connectivity index (χ2v) is 6.35. The van der Waals surface area contributed by atoms with Gasteiger partial charge in [0.1, 0.15) is 0 Å². The molecular weight excluding hydrogens is 374 g/mol. The number of carbonyl (C=O) groups is 2. The fraction of sp³-hybridized carbons (Fsp3) is 0.364. The lowest BCUT2D eigenvalue weighted by molar-refractivity contribution is -0.136. The molecule has 0 unspecified atom stereocenters. The summed E-state index contributed by atoms with van der Waals surface area (Å²) in [5, 5.41) is 0. The summed E-state index contributed by atoms with van der Waals surface area (Å²) in [4.78, 5) is 24.4. The summed E-state index contributed by atoms with van der Waals surface area (Å²) in [5.41, 5.74) is 3.11. The lowest BCUT2D eigenvalue weighted by atomic mass is 10.1. The second kappa shape index (κ2) is 9.82. The monoisotopic (exact) mass is 401 g/mol. The van der Waals surface area contributed by atoms with E-state index >= 15 is 0 Å². The van der Waals surface area contributed by atoms with Gasteiger partial charge in [-0.1, -0.05) is 0 Å². The molecular formula is C22H27NO6. The Morgan fingerprint density at radius 2 is 1.62 bits per heavy atom. The van der Waals surface area contributed by atoms with Crippen molar-refractivity contribution in [1.29, 1.82) is 0 Å². The van der Waals surface area contributed by atoms with Crippen LogP contribution in [-0.2, 0) is 16.1 Å². The molecule has 156 valence electrons. The Labute approximate surface area is 170 Å². The first kappa shape index (κ1) is 22.1. The molecule has 1 heterocycles. The number of aromatic nitrogens is 1. The number of ketones is 1. The number of ether oxygens (including phenoxy) is 4. The summed E-state index contributed by atoms with van der Waals surface area (Å²) >= 11 is 0. The maximum absolute atomic E-state index is 12.4. The number of carbonyl (C=O) groups excluding carboxylic acids is 2. The molecule has 2 aromatic rings. The van der Waals surface area contributed by atoms with E-state index in [1.165, 1.54) is 27.4 Å². The summed E-state index contributed by atoms with van der Waals surface area (Å²) < 4.78 is 23.0. The zero-order valence-corrected chi connectivity index (χ0v) is 17.7. The van der Waals surface area contributed by atoms with E-state index in [2.05, 4.69) is 0 Å². The molecule has 0 N–H and O–H groups in total. The first-order chi connectivity index (χ1) is 13.9. The molecule has 0 radical (unpaired) electrons. The number of hydrogen-bond donors (Lipinski definition) is 0. The number of methoxy groups -OCH3 is 3. The number of esters is 1. The zero-order valence-electron chi connectivity index (χ0n) is 17.7. The van der Waals surface area contributed by atoms with Crippen molar-refractivity contribution >= 4 is 17.8 Å². The summed E-state index contributed by atoms with van der Waals surface area (Å²) in [5.74, 6) is 0.566. The van der Waals surface area contributed by atoms with Crippen molar-refractivity contribution in [2.24, 2.45) is 0 Å². The highest BCUT2D eigenvalue weighted by Gasteiger charge is 2.16. The highest BCUT2D eigenvalue weighted by molar-refractivity contribution is 6.00. The van der Waals surface area contributed by atoms with Crippen LogP contribution in [-0.4, -0.2) is 44.3 Å². The van der Waals surface area contributed by atoms with Gasteiger partial charge < -0.3 is 23.5 Å². The van der Waals surface area contributed by atoms with Gasteiger partial charge in [-0.3, -0.25) is 4.79 Å². The summed E-state index contributed by atoms with van der Waals surface area (Å²) in [6.45, 7) is 6.31. The molecule has 0 aliphatic carbocycles. The molecule has 29 heavy (non-hydrogen) atoms. The maximum atomic E-state index is 12.4. The van der Waals surface area contributed by atoms with Crippen LogP contribution in [0.2, 0.25) is 0 Å². The van der Waals surface area contributed by atoms with Crippen molar-refractivity contribution in [3.05, 3.63) is 46.8 Å².